The number of aromatic nitrogens is 4. The number of aryl methyl sites for hydroxylation is 2. The van der Waals surface area contributed by atoms with Crippen LogP contribution in [0.1, 0.15) is 36.5 Å². The summed E-state index contributed by atoms with van der Waals surface area (Å²) in [7, 11) is 0. The van der Waals surface area contributed by atoms with Crippen molar-refractivity contribution in [2.75, 3.05) is 0 Å². The first-order valence-corrected chi connectivity index (χ1v) is 6.05. The van der Waals surface area contributed by atoms with Crippen molar-refractivity contribution in [1.82, 2.24) is 19.6 Å². The molecule has 0 aliphatic heterocycles. The molecule has 0 unspecified atom stereocenters. The lowest BCUT2D eigenvalue weighted by molar-refractivity contribution is 0.242. The quantitative estimate of drug-likeness (QED) is 0.842. The van der Waals surface area contributed by atoms with Crippen LogP contribution in [0.4, 0.5) is 0 Å². The number of nitrogens with two attached hydrogens (primary N) is 1. The molecule has 0 saturated heterocycles. The molecule has 0 aromatic carbocycles. The zero-order valence-electron chi connectivity index (χ0n) is 10.3. The Bertz CT molecular complexity index is 568. The van der Waals surface area contributed by atoms with Crippen molar-refractivity contribution < 1.29 is 0 Å². The Morgan fingerprint density at radius 2 is 2.12 bits per heavy atom. The van der Waals surface area contributed by atoms with Crippen molar-refractivity contribution in [2.24, 2.45) is 5.73 Å². The van der Waals surface area contributed by atoms with Gasteiger partial charge in [0, 0.05) is 23.3 Å². The Labute approximate surface area is 100 Å². The van der Waals surface area contributed by atoms with E-state index in [1.807, 2.05) is 17.4 Å². The normalized spacial score (nSPS) is 18.3. The summed E-state index contributed by atoms with van der Waals surface area (Å²) in [5, 5.41) is 8.36. The Morgan fingerprint density at radius 3 is 2.76 bits per heavy atom. The van der Waals surface area contributed by atoms with E-state index in [0.717, 1.165) is 36.5 Å². The summed E-state index contributed by atoms with van der Waals surface area (Å²) in [6, 6.07) is 2.05. The fourth-order valence-electron chi connectivity index (χ4n) is 2.53. The van der Waals surface area contributed by atoms with Crippen LogP contribution in [0.3, 0.4) is 0 Å². The monoisotopic (exact) mass is 231 g/mol. The number of nitrogens with zero attached hydrogens (tertiary/aromatic N) is 4. The van der Waals surface area contributed by atoms with Gasteiger partial charge in [0.25, 0.3) is 5.78 Å². The summed E-state index contributed by atoms with van der Waals surface area (Å²) in [4.78, 5) is 4.38. The lowest BCUT2D eigenvalue weighted by Gasteiger charge is -2.37. The molecule has 0 atom stereocenters. The van der Waals surface area contributed by atoms with Crippen molar-refractivity contribution in [2.45, 2.75) is 45.1 Å². The SMILES string of the molecule is Cc1cc(C)n2c(CC3(N)CCC3)nnc2n1. The minimum absolute atomic E-state index is 0.0692. The highest BCUT2D eigenvalue weighted by atomic mass is 15.3. The lowest BCUT2D eigenvalue weighted by Crippen LogP contribution is -2.48. The number of hydrogen-bond acceptors (Lipinski definition) is 4. The van der Waals surface area contributed by atoms with E-state index in [0.29, 0.717) is 5.78 Å². The molecule has 0 amide bonds. The van der Waals surface area contributed by atoms with Crippen LogP contribution in [-0.4, -0.2) is 25.1 Å². The van der Waals surface area contributed by atoms with Crippen molar-refractivity contribution in [3.05, 3.63) is 23.3 Å². The fraction of sp³-hybridized carbons (Fsp3) is 0.583. The van der Waals surface area contributed by atoms with Crippen LogP contribution in [0.2, 0.25) is 0 Å². The van der Waals surface area contributed by atoms with Gasteiger partial charge in [0.1, 0.15) is 5.82 Å². The third kappa shape index (κ3) is 1.70. The van der Waals surface area contributed by atoms with Gasteiger partial charge in [-0.1, -0.05) is 0 Å². The number of fused-ring (bicyclic) bond motifs is 1. The van der Waals surface area contributed by atoms with Crippen LogP contribution in [-0.2, 0) is 6.42 Å². The van der Waals surface area contributed by atoms with E-state index in [9.17, 15) is 0 Å². The largest absolute Gasteiger partial charge is 0.325 e. The lowest BCUT2D eigenvalue weighted by atomic mass is 9.75. The molecule has 5 heteroatoms. The van der Waals surface area contributed by atoms with Crippen LogP contribution in [0.5, 0.6) is 0 Å². The molecule has 0 radical (unpaired) electrons. The average Bonchev–Trinajstić information content (AvgIpc) is 2.59. The van der Waals surface area contributed by atoms with Gasteiger partial charge in [0.2, 0.25) is 0 Å². The van der Waals surface area contributed by atoms with Gasteiger partial charge in [-0.05, 0) is 39.2 Å². The molecule has 2 heterocycles. The topological polar surface area (TPSA) is 69.1 Å². The van der Waals surface area contributed by atoms with Gasteiger partial charge in [-0.2, -0.15) is 0 Å². The highest BCUT2D eigenvalue weighted by Gasteiger charge is 2.34. The highest BCUT2D eigenvalue weighted by Crippen LogP contribution is 2.32. The maximum absolute atomic E-state index is 6.26. The molecule has 1 aliphatic carbocycles. The summed E-state index contributed by atoms with van der Waals surface area (Å²) in [6.07, 6.45) is 4.18. The first-order chi connectivity index (χ1) is 8.07. The predicted molar refractivity (Wildman–Crippen MR) is 64.7 cm³/mol. The van der Waals surface area contributed by atoms with Crippen LogP contribution in [0.25, 0.3) is 5.78 Å². The molecule has 0 spiro atoms. The van der Waals surface area contributed by atoms with E-state index in [2.05, 4.69) is 22.1 Å². The maximum Gasteiger partial charge on any atom is 0.255 e. The summed E-state index contributed by atoms with van der Waals surface area (Å²) in [6.45, 7) is 4.02. The molecule has 2 aromatic heterocycles. The van der Waals surface area contributed by atoms with Crippen LogP contribution >= 0.6 is 0 Å². The van der Waals surface area contributed by atoms with E-state index in [1.54, 1.807) is 0 Å². The summed E-state index contributed by atoms with van der Waals surface area (Å²) in [5.41, 5.74) is 8.29. The Balaban J connectivity index is 2.05. The second-order valence-corrected chi connectivity index (χ2v) is 5.18. The van der Waals surface area contributed by atoms with Crippen LogP contribution in [0, 0.1) is 13.8 Å². The highest BCUT2D eigenvalue weighted by molar-refractivity contribution is 5.33. The predicted octanol–water partition coefficient (Wildman–Crippen LogP) is 1.17. The number of hydrogen-bond donors (Lipinski definition) is 1. The van der Waals surface area contributed by atoms with E-state index in [-0.39, 0.29) is 5.54 Å². The first-order valence-electron chi connectivity index (χ1n) is 6.05. The van der Waals surface area contributed by atoms with Gasteiger partial charge in [0.15, 0.2) is 0 Å². The maximum atomic E-state index is 6.26. The van der Waals surface area contributed by atoms with Gasteiger partial charge in [0.05, 0.1) is 0 Å². The van der Waals surface area contributed by atoms with Crippen molar-refractivity contribution in [1.29, 1.82) is 0 Å². The summed E-state index contributed by atoms with van der Waals surface area (Å²) >= 11 is 0. The molecule has 1 fully saturated rings. The standard InChI is InChI=1S/C12H17N5/c1-8-6-9(2)17-10(15-16-11(17)14-8)7-12(13)4-3-5-12/h6H,3-5,7,13H2,1-2H3. The number of rotatable bonds is 2. The second-order valence-electron chi connectivity index (χ2n) is 5.18. The molecule has 2 N–H and O–H groups in total. The molecular formula is C12H17N5. The van der Waals surface area contributed by atoms with Gasteiger partial charge in [-0.15, -0.1) is 10.2 Å². The molecule has 1 saturated carbocycles. The molecule has 1 aliphatic rings. The van der Waals surface area contributed by atoms with Crippen molar-refractivity contribution in [3.63, 3.8) is 0 Å². The molecule has 17 heavy (non-hydrogen) atoms. The molecule has 3 rings (SSSR count). The smallest absolute Gasteiger partial charge is 0.255 e. The van der Waals surface area contributed by atoms with Crippen molar-refractivity contribution in [3.8, 4) is 0 Å². The van der Waals surface area contributed by atoms with Gasteiger partial charge in [-0.25, -0.2) is 4.98 Å². The van der Waals surface area contributed by atoms with Gasteiger partial charge < -0.3 is 5.73 Å². The van der Waals surface area contributed by atoms with Crippen LogP contribution in [0.15, 0.2) is 6.07 Å². The molecule has 90 valence electrons. The molecular weight excluding hydrogens is 214 g/mol. The average molecular weight is 231 g/mol. The zero-order valence-corrected chi connectivity index (χ0v) is 10.3. The fourth-order valence-corrected chi connectivity index (χ4v) is 2.53. The van der Waals surface area contributed by atoms with E-state index in [1.165, 1.54) is 6.42 Å². The summed E-state index contributed by atoms with van der Waals surface area (Å²) in [5.74, 6) is 1.62. The Kier molecular flexibility index (Phi) is 2.19. The van der Waals surface area contributed by atoms with Gasteiger partial charge >= 0.3 is 0 Å². The third-order valence-corrected chi connectivity index (χ3v) is 3.62. The van der Waals surface area contributed by atoms with E-state index >= 15 is 0 Å². The first kappa shape index (κ1) is 10.7. The third-order valence-electron chi connectivity index (χ3n) is 3.62. The minimum Gasteiger partial charge on any atom is -0.325 e. The van der Waals surface area contributed by atoms with Crippen molar-refractivity contribution >= 4 is 5.78 Å². The minimum atomic E-state index is -0.0692. The second kappa shape index (κ2) is 3.50. The molecule has 0 bridgehead atoms. The van der Waals surface area contributed by atoms with Crippen LogP contribution < -0.4 is 5.73 Å². The molecule has 2 aromatic rings. The Morgan fingerprint density at radius 1 is 1.35 bits per heavy atom. The van der Waals surface area contributed by atoms with E-state index < -0.39 is 0 Å². The summed E-state index contributed by atoms with van der Waals surface area (Å²) < 4.78 is 2.01. The van der Waals surface area contributed by atoms with Gasteiger partial charge in [-0.3, -0.25) is 4.40 Å². The zero-order chi connectivity index (χ0) is 12.0. The van der Waals surface area contributed by atoms with E-state index in [4.69, 9.17) is 5.73 Å². The molecule has 5 nitrogen and oxygen atoms in total. The Hall–Kier alpha value is -1.49.